The van der Waals surface area contributed by atoms with E-state index in [1.165, 1.54) is 26.2 Å². The SMILES string of the molecule is CCCCCCC(CC(CCCCCCCCC(=O)O)OCc1ccccc1)OC(C)=O. The van der Waals surface area contributed by atoms with Crippen molar-refractivity contribution in [2.75, 3.05) is 0 Å². The normalized spacial score (nSPS) is 12.9. The standard InChI is InChI=1S/C27H44O5/c1-3-4-5-13-19-26(32-23(2)28)21-25(31-22-24-16-11-10-12-17-24)18-14-8-6-7-9-15-20-27(29)30/h10-12,16-17,25-26H,3-9,13-15,18-22H2,1-2H3,(H,29,30). The molecular formula is C27H44O5. The van der Waals surface area contributed by atoms with Crippen LogP contribution < -0.4 is 0 Å². The van der Waals surface area contributed by atoms with Gasteiger partial charge in [-0.2, -0.15) is 0 Å². The van der Waals surface area contributed by atoms with Crippen LogP contribution in [0.4, 0.5) is 0 Å². The number of ether oxygens (including phenoxy) is 2. The van der Waals surface area contributed by atoms with E-state index in [4.69, 9.17) is 14.6 Å². The Morgan fingerprint density at radius 2 is 1.44 bits per heavy atom. The molecule has 5 heteroatoms. The van der Waals surface area contributed by atoms with Crippen molar-refractivity contribution in [2.24, 2.45) is 0 Å². The number of esters is 1. The largest absolute Gasteiger partial charge is 0.481 e. The third-order valence-electron chi connectivity index (χ3n) is 5.73. The van der Waals surface area contributed by atoms with E-state index >= 15 is 0 Å². The quantitative estimate of drug-likeness (QED) is 0.171. The smallest absolute Gasteiger partial charge is 0.303 e. The summed E-state index contributed by atoms with van der Waals surface area (Å²) in [6, 6.07) is 10.2. The number of hydrogen-bond acceptors (Lipinski definition) is 4. The first-order valence-electron chi connectivity index (χ1n) is 12.6. The van der Waals surface area contributed by atoms with Crippen LogP contribution in [-0.2, 0) is 25.7 Å². The second kappa shape index (κ2) is 18.7. The van der Waals surface area contributed by atoms with Crippen molar-refractivity contribution in [2.45, 2.75) is 123 Å². The minimum Gasteiger partial charge on any atom is -0.481 e. The van der Waals surface area contributed by atoms with E-state index in [1.807, 2.05) is 18.2 Å². The number of carboxylic acids is 1. The molecule has 0 bridgehead atoms. The van der Waals surface area contributed by atoms with E-state index in [1.54, 1.807) is 0 Å². The number of carboxylic acid groups (broad SMARTS) is 1. The van der Waals surface area contributed by atoms with Crippen LogP contribution in [-0.4, -0.2) is 29.3 Å². The van der Waals surface area contributed by atoms with Gasteiger partial charge in [0.05, 0.1) is 12.7 Å². The van der Waals surface area contributed by atoms with Crippen molar-refractivity contribution >= 4 is 11.9 Å². The van der Waals surface area contributed by atoms with Crippen LogP contribution in [0.25, 0.3) is 0 Å². The molecule has 0 amide bonds. The van der Waals surface area contributed by atoms with Gasteiger partial charge in [0.1, 0.15) is 6.10 Å². The second-order valence-electron chi connectivity index (χ2n) is 8.79. The molecule has 0 heterocycles. The predicted octanol–water partition coefficient (Wildman–Crippen LogP) is 7.07. The van der Waals surface area contributed by atoms with Crippen LogP contribution in [0, 0.1) is 0 Å². The van der Waals surface area contributed by atoms with E-state index in [2.05, 4.69) is 19.1 Å². The van der Waals surface area contributed by atoms with Gasteiger partial charge in [-0.3, -0.25) is 9.59 Å². The first-order chi connectivity index (χ1) is 15.5. The highest BCUT2D eigenvalue weighted by atomic mass is 16.5. The Morgan fingerprint density at radius 3 is 2.06 bits per heavy atom. The molecule has 0 aliphatic heterocycles. The minimum absolute atomic E-state index is 0.0674. The summed E-state index contributed by atoms with van der Waals surface area (Å²) >= 11 is 0. The monoisotopic (exact) mass is 448 g/mol. The molecular weight excluding hydrogens is 404 g/mol. The maximum atomic E-state index is 11.6. The van der Waals surface area contributed by atoms with Crippen LogP contribution in [0.5, 0.6) is 0 Å². The number of aliphatic carboxylic acids is 1. The third-order valence-corrected chi connectivity index (χ3v) is 5.73. The van der Waals surface area contributed by atoms with Crippen molar-refractivity contribution in [3.63, 3.8) is 0 Å². The number of carbonyl (C=O) groups is 2. The zero-order valence-corrected chi connectivity index (χ0v) is 20.2. The minimum atomic E-state index is -0.708. The first kappa shape index (κ1) is 28.2. The van der Waals surface area contributed by atoms with Crippen LogP contribution in [0.1, 0.15) is 109 Å². The van der Waals surface area contributed by atoms with Crippen LogP contribution in [0.15, 0.2) is 30.3 Å². The summed E-state index contributed by atoms with van der Waals surface area (Å²) in [4.78, 5) is 22.2. The maximum Gasteiger partial charge on any atom is 0.303 e. The van der Waals surface area contributed by atoms with Gasteiger partial charge in [0.25, 0.3) is 0 Å². The average molecular weight is 449 g/mol. The molecule has 0 aromatic heterocycles. The van der Waals surface area contributed by atoms with Gasteiger partial charge in [-0.1, -0.05) is 88.6 Å². The zero-order chi connectivity index (χ0) is 23.4. The van der Waals surface area contributed by atoms with Gasteiger partial charge >= 0.3 is 11.9 Å². The molecule has 1 aromatic carbocycles. The summed E-state index contributed by atoms with van der Waals surface area (Å²) in [5.74, 6) is -0.922. The molecule has 1 rings (SSSR count). The molecule has 0 aliphatic rings. The maximum absolute atomic E-state index is 11.6. The van der Waals surface area contributed by atoms with Gasteiger partial charge in [-0.05, 0) is 31.2 Å². The van der Waals surface area contributed by atoms with Gasteiger partial charge in [-0.25, -0.2) is 0 Å². The molecule has 0 radical (unpaired) electrons. The summed E-state index contributed by atoms with van der Waals surface area (Å²) < 4.78 is 11.9. The Bertz CT molecular complexity index is 601. The van der Waals surface area contributed by atoms with Crippen LogP contribution in [0.2, 0.25) is 0 Å². The lowest BCUT2D eigenvalue weighted by Gasteiger charge is -2.24. The summed E-state index contributed by atoms with van der Waals surface area (Å²) in [6.45, 7) is 4.26. The molecule has 32 heavy (non-hydrogen) atoms. The Labute approximate surface area is 194 Å². The van der Waals surface area contributed by atoms with E-state index in [0.29, 0.717) is 6.61 Å². The Morgan fingerprint density at radius 1 is 0.844 bits per heavy atom. The van der Waals surface area contributed by atoms with Crippen LogP contribution in [0.3, 0.4) is 0 Å². The summed E-state index contributed by atoms with van der Waals surface area (Å²) in [5, 5.41) is 8.71. The second-order valence-corrected chi connectivity index (χ2v) is 8.79. The summed E-state index contributed by atoms with van der Waals surface area (Å²) in [6.07, 6.45) is 13.6. The van der Waals surface area contributed by atoms with E-state index in [9.17, 15) is 9.59 Å². The van der Waals surface area contributed by atoms with Crippen molar-refractivity contribution in [3.05, 3.63) is 35.9 Å². The lowest BCUT2D eigenvalue weighted by Crippen LogP contribution is -2.25. The molecule has 182 valence electrons. The molecule has 5 nitrogen and oxygen atoms in total. The number of benzene rings is 1. The number of unbranched alkanes of at least 4 members (excludes halogenated alkanes) is 8. The lowest BCUT2D eigenvalue weighted by molar-refractivity contribution is -0.149. The average Bonchev–Trinajstić information content (AvgIpc) is 2.76. The van der Waals surface area contributed by atoms with Crippen molar-refractivity contribution < 1.29 is 24.2 Å². The first-order valence-corrected chi connectivity index (χ1v) is 12.6. The van der Waals surface area contributed by atoms with Crippen LogP contribution >= 0.6 is 0 Å². The number of rotatable bonds is 20. The molecule has 2 atom stereocenters. The fraction of sp³-hybridized carbons (Fsp3) is 0.704. The highest BCUT2D eigenvalue weighted by Crippen LogP contribution is 2.21. The zero-order valence-electron chi connectivity index (χ0n) is 20.2. The van der Waals surface area contributed by atoms with E-state index in [0.717, 1.165) is 69.8 Å². The Hall–Kier alpha value is -1.88. The molecule has 2 unspecified atom stereocenters. The predicted molar refractivity (Wildman–Crippen MR) is 129 cm³/mol. The van der Waals surface area contributed by atoms with Gasteiger partial charge < -0.3 is 14.6 Å². The highest BCUT2D eigenvalue weighted by molar-refractivity contribution is 5.66. The molecule has 1 aromatic rings. The Kier molecular flexibility index (Phi) is 16.4. The molecule has 1 N–H and O–H groups in total. The third kappa shape index (κ3) is 15.9. The number of hydrogen-bond donors (Lipinski definition) is 1. The Balaban J connectivity index is 2.49. The van der Waals surface area contributed by atoms with Gasteiger partial charge in [0, 0.05) is 19.8 Å². The molecule has 0 fully saturated rings. The van der Waals surface area contributed by atoms with Gasteiger partial charge in [0.2, 0.25) is 0 Å². The topological polar surface area (TPSA) is 72.8 Å². The molecule has 0 saturated carbocycles. The molecule has 0 spiro atoms. The fourth-order valence-electron chi connectivity index (χ4n) is 3.96. The molecule has 0 saturated heterocycles. The van der Waals surface area contributed by atoms with Gasteiger partial charge in [0.15, 0.2) is 0 Å². The van der Waals surface area contributed by atoms with Crippen molar-refractivity contribution in [1.82, 2.24) is 0 Å². The van der Waals surface area contributed by atoms with E-state index in [-0.39, 0.29) is 24.6 Å². The summed E-state index contributed by atoms with van der Waals surface area (Å²) in [5.41, 5.74) is 1.16. The highest BCUT2D eigenvalue weighted by Gasteiger charge is 2.19. The lowest BCUT2D eigenvalue weighted by atomic mass is 9.99. The molecule has 0 aliphatic carbocycles. The number of carbonyl (C=O) groups excluding carboxylic acids is 1. The van der Waals surface area contributed by atoms with Crippen molar-refractivity contribution in [3.8, 4) is 0 Å². The van der Waals surface area contributed by atoms with E-state index < -0.39 is 5.97 Å². The van der Waals surface area contributed by atoms with Gasteiger partial charge in [-0.15, -0.1) is 0 Å². The fourth-order valence-corrected chi connectivity index (χ4v) is 3.96. The summed E-state index contributed by atoms with van der Waals surface area (Å²) in [7, 11) is 0. The van der Waals surface area contributed by atoms with Crippen molar-refractivity contribution in [1.29, 1.82) is 0 Å².